The molecule has 1 aromatic carbocycles. The number of nitrogen functional groups attached to an aromatic ring is 1. The van der Waals surface area contributed by atoms with Gasteiger partial charge in [-0.2, -0.15) is 0 Å². The fraction of sp³-hybridized carbons (Fsp3) is 0.455. The highest BCUT2D eigenvalue weighted by Gasteiger charge is 2.15. The van der Waals surface area contributed by atoms with Gasteiger partial charge in [0, 0.05) is 5.69 Å². The SMILES string of the molecule is Nc1cc(F)cc(C2CCNCC2)c1. The zero-order valence-corrected chi connectivity index (χ0v) is 8.09. The molecular formula is C11H15FN2. The molecule has 76 valence electrons. The van der Waals surface area contributed by atoms with Gasteiger partial charge in [0.25, 0.3) is 0 Å². The molecule has 2 nitrogen and oxygen atoms in total. The lowest BCUT2D eigenvalue weighted by atomic mass is 9.90. The first-order valence-corrected chi connectivity index (χ1v) is 5.02. The number of hydrogen-bond acceptors (Lipinski definition) is 2. The molecule has 0 atom stereocenters. The number of hydrogen-bond donors (Lipinski definition) is 2. The van der Waals surface area contributed by atoms with Gasteiger partial charge >= 0.3 is 0 Å². The average Bonchev–Trinajstić information content (AvgIpc) is 2.18. The van der Waals surface area contributed by atoms with Crippen molar-refractivity contribution in [3.63, 3.8) is 0 Å². The third-order valence-electron chi connectivity index (χ3n) is 2.75. The molecule has 0 spiro atoms. The maximum atomic E-state index is 13.1. The van der Waals surface area contributed by atoms with Crippen molar-refractivity contribution in [3.8, 4) is 0 Å². The number of rotatable bonds is 1. The van der Waals surface area contributed by atoms with Crippen LogP contribution in [0.5, 0.6) is 0 Å². The van der Waals surface area contributed by atoms with E-state index < -0.39 is 0 Å². The minimum Gasteiger partial charge on any atom is -0.399 e. The second-order valence-electron chi connectivity index (χ2n) is 3.84. The largest absolute Gasteiger partial charge is 0.399 e. The van der Waals surface area contributed by atoms with E-state index in [1.807, 2.05) is 6.07 Å². The van der Waals surface area contributed by atoms with Crippen molar-refractivity contribution < 1.29 is 4.39 Å². The molecule has 0 saturated carbocycles. The lowest BCUT2D eigenvalue weighted by molar-refractivity contribution is 0.458. The third-order valence-corrected chi connectivity index (χ3v) is 2.75. The van der Waals surface area contributed by atoms with Crippen LogP contribution in [0.3, 0.4) is 0 Å². The van der Waals surface area contributed by atoms with E-state index in [2.05, 4.69) is 5.32 Å². The van der Waals surface area contributed by atoms with Crippen LogP contribution in [0.4, 0.5) is 10.1 Å². The molecule has 1 saturated heterocycles. The fourth-order valence-electron chi connectivity index (χ4n) is 2.03. The van der Waals surface area contributed by atoms with E-state index in [-0.39, 0.29) is 5.82 Å². The molecule has 14 heavy (non-hydrogen) atoms. The first-order valence-electron chi connectivity index (χ1n) is 5.02. The van der Waals surface area contributed by atoms with Crippen LogP contribution in [0.25, 0.3) is 0 Å². The van der Waals surface area contributed by atoms with Crippen molar-refractivity contribution in [1.29, 1.82) is 0 Å². The van der Waals surface area contributed by atoms with E-state index in [9.17, 15) is 4.39 Å². The van der Waals surface area contributed by atoms with Crippen molar-refractivity contribution in [2.45, 2.75) is 18.8 Å². The molecule has 0 amide bonds. The monoisotopic (exact) mass is 194 g/mol. The highest BCUT2D eigenvalue weighted by Crippen LogP contribution is 2.27. The predicted molar refractivity (Wildman–Crippen MR) is 55.7 cm³/mol. The topological polar surface area (TPSA) is 38.0 Å². The van der Waals surface area contributed by atoms with Gasteiger partial charge in [0.2, 0.25) is 0 Å². The van der Waals surface area contributed by atoms with Crippen molar-refractivity contribution in [2.24, 2.45) is 0 Å². The smallest absolute Gasteiger partial charge is 0.125 e. The van der Waals surface area contributed by atoms with Gasteiger partial charge < -0.3 is 11.1 Å². The highest BCUT2D eigenvalue weighted by atomic mass is 19.1. The summed E-state index contributed by atoms with van der Waals surface area (Å²) in [6, 6.07) is 4.86. The summed E-state index contributed by atoms with van der Waals surface area (Å²) in [6.45, 7) is 2.03. The summed E-state index contributed by atoms with van der Waals surface area (Å²) >= 11 is 0. The van der Waals surface area contributed by atoms with Crippen LogP contribution in [0, 0.1) is 5.82 Å². The molecule has 0 bridgehead atoms. The molecule has 1 aliphatic rings. The Hall–Kier alpha value is -1.09. The molecule has 0 aliphatic carbocycles. The second-order valence-corrected chi connectivity index (χ2v) is 3.84. The Balaban J connectivity index is 2.21. The average molecular weight is 194 g/mol. The number of nitrogens with one attached hydrogen (secondary N) is 1. The Bertz CT molecular complexity index is 299. The van der Waals surface area contributed by atoms with Gasteiger partial charge in [0.15, 0.2) is 0 Å². The van der Waals surface area contributed by atoms with E-state index in [0.717, 1.165) is 31.5 Å². The minimum atomic E-state index is -0.224. The van der Waals surface area contributed by atoms with E-state index in [1.165, 1.54) is 6.07 Å². The minimum absolute atomic E-state index is 0.224. The van der Waals surface area contributed by atoms with Crippen LogP contribution in [-0.2, 0) is 0 Å². The molecular weight excluding hydrogens is 179 g/mol. The zero-order chi connectivity index (χ0) is 9.97. The number of benzene rings is 1. The summed E-state index contributed by atoms with van der Waals surface area (Å²) < 4.78 is 13.1. The van der Waals surface area contributed by atoms with Gasteiger partial charge in [-0.25, -0.2) is 4.39 Å². The lowest BCUT2D eigenvalue weighted by Gasteiger charge is -2.23. The van der Waals surface area contributed by atoms with Gasteiger partial charge in [0.1, 0.15) is 5.82 Å². The summed E-state index contributed by atoms with van der Waals surface area (Å²) in [7, 11) is 0. The van der Waals surface area contributed by atoms with Gasteiger partial charge in [-0.15, -0.1) is 0 Å². The molecule has 0 unspecified atom stereocenters. The van der Waals surface area contributed by atoms with Crippen molar-refractivity contribution >= 4 is 5.69 Å². The van der Waals surface area contributed by atoms with Crippen LogP contribution in [0.1, 0.15) is 24.3 Å². The van der Waals surface area contributed by atoms with Gasteiger partial charge in [-0.05, 0) is 55.6 Å². The fourth-order valence-corrected chi connectivity index (χ4v) is 2.03. The first-order chi connectivity index (χ1) is 6.75. The van der Waals surface area contributed by atoms with Crippen molar-refractivity contribution in [1.82, 2.24) is 5.32 Å². The Labute approximate surface area is 83.3 Å². The van der Waals surface area contributed by atoms with E-state index in [0.29, 0.717) is 11.6 Å². The molecule has 0 aromatic heterocycles. The van der Waals surface area contributed by atoms with Gasteiger partial charge in [-0.1, -0.05) is 0 Å². The molecule has 3 heteroatoms. The first kappa shape index (κ1) is 9.46. The summed E-state index contributed by atoms with van der Waals surface area (Å²) in [5, 5.41) is 3.29. The lowest BCUT2D eigenvalue weighted by Crippen LogP contribution is -2.26. The third kappa shape index (κ3) is 2.04. The Morgan fingerprint density at radius 2 is 1.93 bits per heavy atom. The molecule has 1 heterocycles. The summed E-state index contributed by atoms with van der Waals surface area (Å²) in [5.41, 5.74) is 7.18. The molecule has 0 radical (unpaired) electrons. The van der Waals surface area contributed by atoms with Crippen molar-refractivity contribution in [2.75, 3.05) is 18.8 Å². The van der Waals surface area contributed by atoms with E-state index in [1.54, 1.807) is 6.07 Å². The Morgan fingerprint density at radius 3 is 2.57 bits per heavy atom. The van der Waals surface area contributed by atoms with E-state index in [4.69, 9.17) is 5.73 Å². The second kappa shape index (κ2) is 3.96. The van der Waals surface area contributed by atoms with Crippen molar-refractivity contribution in [3.05, 3.63) is 29.6 Å². The standard InChI is InChI=1S/C11H15FN2/c12-10-5-9(6-11(13)7-10)8-1-3-14-4-2-8/h5-8,14H,1-4,13H2. The molecule has 1 aliphatic heterocycles. The van der Waals surface area contributed by atoms with Gasteiger partial charge in [0.05, 0.1) is 0 Å². The summed E-state index contributed by atoms with van der Waals surface area (Å²) in [4.78, 5) is 0. The summed E-state index contributed by atoms with van der Waals surface area (Å²) in [6.07, 6.45) is 2.14. The molecule has 1 fully saturated rings. The molecule has 2 rings (SSSR count). The maximum Gasteiger partial charge on any atom is 0.125 e. The van der Waals surface area contributed by atoms with Crippen LogP contribution in [0.15, 0.2) is 18.2 Å². The van der Waals surface area contributed by atoms with Crippen LogP contribution in [0.2, 0.25) is 0 Å². The van der Waals surface area contributed by atoms with Crippen LogP contribution in [-0.4, -0.2) is 13.1 Å². The maximum absolute atomic E-state index is 13.1. The quantitative estimate of drug-likeness (QED) is 0.670. The summed E-state index contributed by atoms with van der Waals surface area (Å²) in [5.74, 6) is 0.243. The Morgan fingerprint density at radius 1 is 1.21 bits per heavy atom. The highest BCUT2D eigenvalue weighted by molar-refractivity contribution is 5.42. The number of nitrogens with two attached hydrogens (primary N) is 1. The molecule has 1 aromatic rings. The predicted octanol–water partition coefficient (Wildman–Crippen LogP) is 1.87. The van der Waals surface area contributed by atoms with E-state index >= 15 is 0 Å². The normalized spacial score (nSPS) is 18.4. The van der Waals surface area contributed by atoms with Crippen LogP contribution < -0.4 is 11.1 Å². The number of piperidine rings is 1. The Kier molecular flexibility index (Phi) is 2.68. The van der Waals surface area contributed by atoms with Crippen LogP contribution >= 0.6 is 0 Å². The number of anilines is 1. The molecule has 3 N–H and O–H groups in total. The number of halogens is 1. The van der Waals surface area contributed by atoms with Gasteiger partial charge in [-0.3, -0.25) is 0 Å². The zero-order valence-electron chi connectivity index (χ0n) is 8.09.